The fraction of sp³-hybridized carbons (Fsp3) is 0.381. The van der Waals surface area contributed by atoms with Gasteiger partial charge in [-0.1, -0.05) is 29.8 Å². The third-order valence-corrected chi connectivity index (χ3v) is 4.80. The van der Waals surface area contributed by atoms with E-state index >= 15 is 0 Å². The second-order valence-corrected chi connectivity index (χ2v) is 6.84. The molecule has 1 fully saturated rings. The van der Waals surface area contributed by atoms with Crippen LogP contribution in [0.15, 0.2) is 42.5 Å². The van der Waals surface area contributed by atoms with Gasteiger partial charge in [0.15, 0.2) is 5.78 Å². The van der Waals surface area contributed by atoms with E-state index in [1.165, 1.54) is 11.3 Å². The fourth-order valence-corrected chi connectivity index (χ4v) is 3.31. The second-order valence-electron chi connectivity index (χ2n) is 6.84. The Morgan fingerprint density at radius 3 is 2.33 bits per heavy atom. The van der Waals surface area contributed by atoms with Crippen molar-refractivity contribution in [1.29, 1.82) is 0 Å². The highest BCUT2D eigenvalue weighted by molar-refractivity contribution is 5.99. The second kappa shape index (κ2) is 7.18. The number of hydrogen-bond donors (Lipinski definition) is 0. The number of piperazine rings is 1. The third kappa shape index (κ3) is 3.85. The van der Waals surface area contributed by atoms with E-state index in [-0.39, 0.29) is 5.78 Å². The molecule has 3 rings (SSSR count). The topological polar surface area (TPSA) is 23.6 Å². The van der Waals surface area contributed by atoms with Crippen LogP contribution in [0.25, 0.3) is 0 Å². The minimum Gasteiger partial charge on any atom is -0.369 e. The molecule has 0 radical (unpaired) electrons. The summed E-state index contributed by atoms with van der Waals surface area (Å²) < 4.78 is 0. The van der Waals surface area contributed by atoms with Gasteiger partial charge in [-0.2, -0.15) is 0 Å². The molecule has 1 aliphatic rings. The molecule has 3 heteroatoms. The molecule has 0 N–H and O–H groups in total. The summed E-state index contributed by atoms with van der Waals surface area (Å²) in [6.45, 7) is 10.5. The highest BCUT2D eigenvalue weighted by Crippen LogP contribution is 2.18. The minimum absolute atomic E-state index is 0.236. The van der Waals surface area contributed by atoms with E-state index < -0.39 is 0 Å². The number of ketones is 1. The van der Waals surface area contributed by atoms with Gasteiger partial charge in [-0.25, -0.2) is 0 Å². The van der Waals surface area contributed by atoms with Crippen molar-refractivity contribution in [3.05, 3.63) is 64.7 Å². The van der Waals surface area contributed by atoms with Gasteiger partial charge < -0.3 is 4.90 Å². The van der Waals surface area contributed by atoms with Crippen molar-refractivity contribution >= 4 is 11.5 Å². The van der Waals surface area contributed by atoms with E-state index in [4.69, 9.17) is 0 Å². The van der Waals surface area contributed by atoms with Crippen LogP contribution in [0, 0.1) is 20.8 Å². The zero-order valence-corrected chi connectivity index (χ0v) is 14.9. The molecule has 0 atom stereocenters. The molecule has 3 nitrogen and oxygen atoms in total. The van der Waals surface area contributed by atoms with Crippen LogP contribution in [-0.2, 0) is 0 Å². The SMILES string of the molecule is Cc1cccc(N2CCN(CC(=O)c3cc(C)ccc3C)CC2)c1. The summed E-state index contributed by atoms with van der Waals surface area (Å²) in [6, 6.07) is 14.8. The number of nitrogens with zero attached hydrogens (tertiary/aromatic N) is 2. The fourth-order valence-electron chi connectivity index (χ4n) is 3.31. The lowest BCUT2D eigenvalue weighted by atomic mass is 10.0. The van der Waals surface area contributed by atoms with Crippen LogP contribution in [0.4, 0.5) is 5.69 Å². The lowest BCUT2D eigenvalue weighted by Gasteiger charge is -2.36. The summed E-state index contributed by atoms with van der Waals surface area (Å²) in [6.07, 6.45) is 0. The van der Waals surface area contributed by atoms with E-state index in [1.54, 1.807) is 0 Å². The van der Waals surface area contributed by atoms with Crippen LogP contribution in [0.1, 0.15) is 27.0 Å². The first kappa shape index (κ1) is 16.7. The normalized spacial score (nSPS) is 15.5. The zero-order valence-electron chi connectivity index (χ0n) is 14.9. The van der Waals surface area contributed by atoms with Crippen molar-refractivity contribution in [2.24, 2.45) is 0 Å². The molecule has 0 amide bonds. The molecule has 1 heterocycles. The standard InChI is InChI=1S/C21H26N2O/c1-16-5-4-6-19(13-16)23-11-9-22(10-12-23)15-21(24)20-14-17(2)7-8-18(20)3/h4-8,13-14H,9-12,15H2,1-3H3. The summed E-state index contributed by atoms with van der Waals surface area (Å²) in [5.74, 6) is 0.236. The molecule has 0 aromatic heterocycles. The molecule has 0 bridgehead atoms. The Labute approximate surface area is 144 Å². The molecule has 1 aliphatic heterocycles. The number of aryl methyl sites for hydroxylation is 3. The first-order valence-corrected chi connectivity index (χ1v) is 8.67. The van der Waals surface area contributed by atoms with Crippen molar-refractivity contribution in [1.82, 2.24) is 4.90 Å². The van der Waals surface area contributed by atoms with Gasteiger partial charge in [0.25, 0.3) is 0 Å². The molecule has 2 aromatic carbocycles. The summed E-state index contributed by atoms with van der Waals surface area (Å²) in [5.41, 5.74) is 5.67. The number of hydrogen-bond acceptors (Lipinski definition) is 3. The van der Waals surface area contributed by atoms with Gasteiger partial charge in [0, 0.05) is 37.4 Å². The summed E-state index contributed by atoms with van der Waals surface area (Å²) in [5, 5.41) is 0. The molecule has 1 saturated heterocycles. The maximum Gasteiger partial charge on any atom is 0.177 e. The molecule has 0 saturated carbocycles. The predicted octanol–water partition coefficient (Wildman–Crippen LogP) is 3.62. The van der Waals surface area contributed by atoms with E-state index in [1.807, 2.05) is 26.0 Å². The Kier molecular flexibility index (Phi) is 5.00. The molecular weight excluding hydrogens is 296 g/mol. The largest absolute Gasteiger partial charge is 0.369 e. The number of rotatable bonds is 4. The van der Waals surface area contributed by atoms with Crippen molar-refractivity contribution in [2.75, 3.05) is 37.6 Å². The lowest BCUT2D eigenvalue weighted by Crippen LogP contribution is -2.48. The van der Waals surface area contributed by atoms with Gasteiger partial charge in [0.05, 0.1) is 6.54 Å². The molecule has 24 heavy (non-hydrogen) atoms. The Hall–Kier alpha value is -2.13. The highest BCUT2D eigenvalue weighted by Gasteiger charge is 2.20. The number of benzene rings is 2. The van der Waals surface area contributed by atoms with Crippen LogP contribution in [0.5, 0.6) is 0 Å². The molecular formula is C21H26N2O. The van der Waals surface area contributed by atoms with E-state index in [0.29, 0.717) is 6.54 Å². The van der Waals surface area contributed by atoms with Crippen LogP contribution >= 0.6 is 0 Å². The van der Waals surface area contributed by atoms with E-state index in [9.17, 15) is 4.79 Å². The first-order valence-electron chi connectivity index (χ1n) is 8.67. The highest BCUT2D eigenvalue weighted by atomic mass is 16.1. The van der Waals surface area contributed by atoms with Crippen LogP contribution < -0.4 is 4.90 Å². The van der Waals surface area contributed by atoms with Crippen molar-refractivity contribution < 1.29 is 4.79 Å². The number of anilines is 1. The predicted molar refractivity (Wildman–Crippen MR) is 100 cm³/mol. The monoisotopic (exact) mass is 322 g/mol. The van der Waals surface area contributed by atoms with Gasteiger partial charge in [0.1, 0.15) is 0 Å². The van der Waals surface area contributed by atoms with Gasteiger partial charge >= 0.3 is 0 Å². The molecule has 126 valence electrons. The van der Waals surface area contributed by atoms with Crippen molar-refractivity contribution in [3.8, 4) is 0 Å². The average Bonchev–Trinajstić information content (AvgIpc) is 2.57. The first-order chi connectivity index (χ1) is 11.5. The van der Waals surface area contributed by atoms with Crippen LogP contribution in [0.3, 0.4) is 0 Å². The number of carbonyl (C=O) groups is 1. The Morgan fingerprint density at radius 1 is 0.917 bits per heavy atom. The molecule has 0 spiro atoms. The Morgan fingerprint density at radius 2 is 1.62 bits per heavy atom. The van der Waals surface area contributed by atoms with Crippen molar-refractivity contribution in [3.63, 3.8) is 0 Å². The van der Waals surface area contributed by atoms with Gasteiger partial charge in [-0.05, 0) is 50.1 Å². The van der Waals surface area contributed by atoms with E-state index in [0.717, 1.165) is 42.9 Å². The number of Topliss-reactive ketones (excluding diaryl/α,β-unsaturated/α-hetero) is 1. The zero-order chi connectivity index (χ0) is 17.1. The van der Waals surface area contributed by atoms with Gasteiger partial charge in [-0.3, -0.25) is 9.69 Å². The summed E-state index contributed by atoms with van der Waals surface area (Å²) in [4.78, 5) is 17.3. The van der Waals surface area contributed by atoms with Crippen molar-refractivity contribution in [2.45, 2.75) is 20.8 Å². The average molecular weight is 322 g/mol. The quantitative estimate of drug-likeness (QED) is 0.803. The maximum atomic E-state index is 12.6. The lowest BCUT2D eigenvalue weighted by molar-refractivity contribution is 0.0925. The third-order valence-electron chi connectivity index (χ3n) is 4.80. The molecule has 0 unspecified atom stereocenters. The van der Waals surface area contributed by atoms with Gasteiger partial charge in [0.2, 0.25) is 0 Å². The molecule has 2 aromatic rings. The van der Waals surface area contributed by atoms with Gasteiger partial charge in [-0.15, -0.1) is 0 Å². The Bertz CT molecular complexity index is 730. The van der Waals surface area contributed by atoms with Crippen LogP contribution in [-0.4, -0.2) is 43.4 Å². The summed E-state index contributed by atoms with van der Waals surface area (Å²) in [7, 11) is 0. The number of carbonyl (C=O) groups excluding carboxylic acids is 1. The minimum atomic E-state index is 0.236. The summed E-state index contributed by atoms with van der Waals surface area (Å²) >= 11 is 0. The smallest absolute Gasteiger partial charge is 0.177 e. The maximum absolute atomic E-state index is 12.6. The van der Waals surface area contributed by atoms with E-state index in [2.05, 4.69) is 47.1 Å². The Balaban J connectivity index is 1.59. The van der Waals surface area contributed by atoms with Crippen LogP contribution in [0.2, 0.25) is 0 Å². The molecule has 0 aliphatic carbocycles.